The Morgan fingerprint density at radius 2 is 2.07 bits per heavy atom. The Bertz CT molecular complexity index is 1130. The van der Waals surface area contributed by atoms with E-state index in [-0.39, 0.29) is 12.5 Å². The van der Waals surface area contributed by atoms with E-state index in [1.54, 1.807) is 29.3 Å². The van der Waals surface area contributed by atoms with Crippen molar-refractivity contribution in [1.29, 1.82) is 0 Å². The fraction of sp³-hybridized carbons (Fsp3) is 0.150. The molecule has 1 aromatic carbocycles. The number of nitrogens with one attached hydrogen (secondary N) is 1. The summed E-state index contributed by atoms with van der Waals surface area (Å²) in [5.74, 6) is 0.541. The summed E-state index contributed by atoms with van der Waals surface area (Å²) in [6.07, 6.45) is 3.32. The fourth-order valence-corrected chi connectivity index (χ4v) is 3.27. The van der Waals surface area contributed by atoms with Crippen LogP contribution in [0.25, 0.3) is 22.4 Å². The van der Waals surface area contributed by atoms with E-state index in [1.807, 2.05) is 38.1 Å². The summed E-state index contributed by atoms with van der Waals surface area (Å²) in [6.45, 7) is 3.81. The molecule has 0 spiro atoms. The highest BCUT2D eigenvalue weighted by atomic mass is 35.5. The standard InChI is InChI=1S/C20H17ClN4O2/c1-12-15(21)5-3-6-16(12)23-18(26)11-25-20-19(13(2)24-25)14(8-9-22-20)17-7-4-10-27-17/h3-10H,11H2,1-2H3,(H,23,26). The molecule has 3 heterocycles. The largest absolute Gasteiger partial charge is 0.464 e. The Morgan fingerprint density at radius 3 is 2.85 bits per heavy atom. The van der Waals surface area contributed by atoms with Gasteiger partial charge in [0.1, 0.15) is 12.3 Å². The molecule has 4 aromatic rings. The van der Waals surface area contributed by atoms with E-state index in [0.29, 0.717) is 16.4 Å². The molecule has 0 saturated carbocycles. The van der Waals surface area contributed by atoms with Gasteiger partial charge in [-0.1, -0.05) is 17.7 Å². The Morgan fingerprint density at radius 1 is 1.22 bits per heavy atom. The Hall–Kier alpha value is -3.12. The number of fused-ring (bicyclic) bond motifs is 1. The van der Waals surface area contributed by atoms with Gasteiger partial charge in [-0.25, -0.2) is 9.67 Å². The number of carbonyl (C=O) groups is 1. The molecule has 0 radical (unpaired) electrons. The Balaban J connectivity index is 1.66. The molecular weight excluding hydrogens is 364 g/mol. The van der Waals surface area contributed by atoms with Gasteiger partial charge in [0.05, 0.1) is 17.3 Å². The molecule has 136 valence electrons. The number of aryl methyl sites for hydroxylation is 1. The summed E-state index contributed by atoms with van der Waals surface area (Å²) in [5.41, 5.74) is 3.84. The van der Waals surface area contributed by atoms with Crippen molar-refractivity contribution < 1.29 is 9.21 Å². The number of aromatic nitrogens is 3. The van der Waals surface area contributed by atoms with E-state index >= 15 is 0 Å². The molecule has 7 heteroatoms. The van der Waals surface area contributed by atoms with Gasteiger partial charge in [0.15, 0.2) is 5.65 Å². The zero-order valence-corrected chi connectivity index (χ0v) is 15.6. The number of benzene rings is 1. The second kappa shape index (κ2) is 6.89. The molecule has 1 N–H and O–H groups in total. The number of carbonyl (C=O) groups excluding carboxylic acids is 1. The van der Waals surface area contributed by atoms with Gasteiger partial charge in [0.2, 0.25) is 5.91 Å². The van der Waals surface area contributed by atoms with Gasteiger partial charge >= 0.3 is 0 Å². The zero-order valence-electron chi connectivity index (χ0n) is 14.9. The number of hydrogen-bond donors (Lipinski definition) is 1. The van der Waals surface area contributed by atoms with Gasteiger partial charge in [-0.2, -0.15) is 5.10 Å². The Kier molecular flexibility index (Phi) is 4.41. The minimum atomic E-state index is -0.199. The molecule has 0 fully saturated rings. The SMILES string of the molecule is Cc1c(Cl)cccc1NC(=O)Cn1nc(C)c2c(-c3ccco3)ccnc21. The molecule has 0 unspecified atom stereocenters. The van der Waals surface area contributed by atoms with Crippen molar-refractivity contribution in [3.05, 3.63) is 65.1 Å². The maximum absolute atomic E-state index is 12.6. The van der Waals surface area contributed by atoms with Gasteiger partial charge in [0, 0.05) is 22.5 Å². The van der Waals surface area contributed by atoms with Crippen LogP contribution in [-0.2, 0) is 11.3 Å². The first kappa shape index (κ1) is 17.3. The normalized spacial score (nSPS) is 11.1. The maximum Gasteiger partial charge on any atom is 0.246 e. The molecule has 0 atom stereocenters. The lowest BCUT2D eigenvalue weighted by Gasteiger charge is -2.10. The van der Waals surface area contributed by atoms with Crippen LogP contribution in [0.4, 0.5) is 5.69 Å². The third-order valence-electron chi connectivity index (χ3n) is 4.43. The molecule has 0 bridgehead atoms. The molecule has 1 amide bonds. The summed E-state index contributed by atoms with van der Waals surface area (Å²) in [4.78, 5) is 17.0. The minimum Gasteiger partial charge on any atom is -0.464 e. The van der Waals surface area contributed by atoms with Crippen molar-refractivity contribution in [1.82, 2.24) is 14.8 Å². The van der Waals surface area contributed by atoms with Crippen LogP contribution in [0.15, 0.2) is 53.3 Å². The maximum atomic E-state index is 12.6. The second-order valence-electron chi connectivity index (χ2n) is 6.24. The lowest BCUT2D eigenvalue weighted by molar-refractivity contribution is -0.116. The molecule has 0 aliphatic heterocycles. The van der Waals surface area contributed by atoms with Gasteiger partial charge in [-0.3, -0.25) is 4.79 Å². The smallest absolute Gasteiger partial charge is 0.246 e. The quantitative estimate of drug-likeness (QED) is 0.561. The van der Waals surface area contributed by atoms with Crippen LogP contribution in [-0.4, -0.2) is 20.7 Å². The summed E-state index contributed by atoms with van der Waals surface area (Å²) >= 11 is 6.12. The van der Waals surface area contributed by atoms with Crippen LogP contribution >= 0.6 is 11.6 Å². The van der Waals surface area contributed by atoms with E-state index in [1.165, 1.54) is 0 Å². The highest BCUT2D eigenvalue weighted by molar-refractivity contribution is 6.31. The lowest BCUT2D eigenvalue weighted by Crippen LogP contribution is -2.20. The summed E-state index contributed by atoms with van der Waals surface area (Å²) < 4.78 is 7.12. The number of amides is 1. The highest BCUT2D eigenvalue weighted by Crippen LogP contribution is 2.30. The van der Waals surface area contributed by atoms with E-state index < -0.39 is 0 Å². The molecule has 3 aromatic heterocycles. The van der Waals surface area contributed by atoms with Crippen LogP contribution in [0, 0.1) is 13.8 Å². The predicted octanol–water partition coefficient (Wildman–Crippen LogP) is 4.60. The topological polar surface area (TPSA) is 73.0 Å². The van der Waals surface area contributed by atoms with E-state index in [9.17, 15) is 4.79 Å². The van der Waals surface area contributed by atoms with Crippen LogP contribution in [0.1, 0.15) is 11.3 Å². The molecule has 4 rings (SSSR count). The van der Waals surface area contributed by atoms with Crippen LogP contribution in [0.3, 0.4) is 0 Å². The summed E-state index contributed by atoms with van der Waals surface area (Å²) in [7, 11) is 0. The number of rotatable bonds is 4. The Labute approximate surface area is 160 Å². The van der Waals surface area contributed by atoms with Crippen molar-refractivity contribution in [2.75, 3.05) is 5.32 Å². The number of anilines is 1. The second-order valence-corrected chi connectivity index (χ2v) is 6.65. The molecule has 0 aliphatic rings. The molecular formula is C20H17ClN4O2. The van der Waals surface area contributed by atoms with E-state index in [4.69, 9.17) is 16.0 Å². The van der Waals surface area contributed by atoms with Crippen molar-refractivity contribution in [3.63, 3.8) is 0 Å². The van der Waals surface area contributed by atoms with E-state index in [2.05, 4.69) is 15.4 Å². The highest BCUT2D eigenvalue weighted by Gasteiger charge is 2.17. The first-order valence-corrected chi connectivity index (χ1v) is 8.83. The van der Waals surface area contributed by atoms with Gasteiger partial charge < -0.3 is 9.73 Å². The molecule has 0 saturated heterocycles. The monoisotopic (exact) mass is 380 g/mol. The first-order chi connectivity index (χ1) is 13.0. The minimum absolute atomic E-state index is 0.0465. The van der Waals surface area contributed by atoms with Crippen molar-refractivity contribution in [2.45, 2.75) is 20.4 Å². The average Bonchev–Trinajstić information content (AvgIpc) is 3.28. The van der Waals surface area contributed by atoms with Crippen molar-refractivity contribution in [2.24, 2.45) is 0 Å². The molecule has 6 nitrogen and oxygen atoms in total. The van der Waals surface area contributed by atoms with Crippen LogP contribution in [0.2, 0.25) is 5.02 Å². The summed E-state index contributed by atoms with van der Waals surface area (Å²) in [5, 5.41) is 8.88. The van der Waals surface area contributed by atoms with E-state index in [0.717, 1.165) is 28.0 Å². The molecule has 0 aliphatic carbocycles. The molecule has 27 heavy (non-hydrogen) atoms. The average molecular weight is 381 g/mol. The first-order valence-electron chi connectivity index (χ1n) is 8.45. The summed E-state index contributed by atoms with van der Waals surface area (Å²) in [6, 6.07) is 11.0. The fourth-order valence-electron chi connectivity index (χ4n) is 3.10. The number of halogens is 1. The van der Waals surface area contributed by atoms with Gasteiger partial charge in [0.25, 0.3) is 0 Å². The van der Waals surface area contributed by atoms with Gasteiger partial charge in [-0.05, 0) is 49.7 Å². The van der Waals surface area contributed by atoms with Gasteiger partial charge in [-0.15, -0.1) is 0 Å². The predicted molar refractivity (Wildman–Crippen MR) is 105 cm³/mol. The van der Waals surface area contributed by atoms with Crippen LogP contribution in [0.5, 0.6) is 0 Å². The zero-order chi connectivity index (χ0) is 19.0. The third kappa shape index (κ3) is 3.19. The number of furan rings is 1. The lowest BCUT2D eigenvalue weighted by atomic mass is 10.1. The number of pyridine rings is 1. The van der Waals surface area contributed by atoms with Crippen molar-refractivity contribution >= 4 is 34.2 Å². The van der Waals surface area contributed by atoms with Crippen molar-refractivity contribution in [3.8, 4) is 11.3 Å². The number of nitrogens with zero attached hydrogens (tertiary/aromatic N) is 3. The number of hydrogen-bond acceptors (Lipinski definition) is 4. The van der Waals surface area contributed by atoms with Crippen LogP contribution < -0.4 is 5.32 Å². The third-order valence-corrected chi connectivity index (χ3v) is 4.84.